The maximum atomic E-state index is 10.4. The molecule has 0 unspecified atom stereocenters. The standard InChI is InChI=1S/C13H15NS2.C7H8O3S/c1-3-14-11-6-4-5-7-12(11)16-13(14)8-10(2)9-15;1-6-2-4-7(5-3-6)11(8,9)10/h4-8H,3,9H2,1-2H3;2-5H,1H3,(H,8,9,10). The van der Waals surface area contributed by atoms with Gasteiger partial charge >= 0.3 is 0 Å². The zero-order chi connectivity index (χ0) is 20.0. The van der Waals surface area contributed by atoms with Gasteiger partial charge in [-0.15, -0.1) is 0 Å². The van der Waals surface area contributed by atoms with Crippen molar-refractivity contribution in [2.75, 3.05) is 5.75 Å². The molecule has 0 saturated heterocycles. The van der Waals surface area contributed by atoms with E-state index in [0.717, 1.165) is 17.9 Å². The molecule has 0 bridgehead atoms. The first-order valence-electron chi connectivity index (χ1n) is 8.48. The van der Waals surface area contributed by atoms with Crippen molar-refractivity contribution in [3.05, 3.63) is 64.7 Å². The molecule has 0 amide bonds. The fraction of sp³-hybridized carbons (Fsp3) is 0.250. The van der Waals surface area contributed by atoms with E-state index < -0.39 is 10.1 Å². The molecule has 144 valence electrons. The molecule has 7 heteroatoms. The summed E-state index contributed by atoms with van der Waals surface area (Å²) in [6, 6.07) is 14.3. The predicted molar refractivity (Wildman–Crippen MR) is 114 cm³/mol. The summed E-state index contributed by atoms with van der Waals surface area (Å²) in [5.41, 5.74) is 3.56. The predicted octanol–water partition coefficient (Wildman–Crippen LogP) is 4.44. The van der Waals surface area contributed by atoms with Crippen LogP contribution in [0.5, 0.6) is 0 Å². The van der Waals surface area contributed by atoms with Crippen LogP contribution in [0, 0.1) is 6.92 Å². The van der Waals surface area contributed by atoms with Crippen LogP contribution in [-0.2, 0) is 16.7 Å². The summed E-state index contributed by atoms with van der Waals surface area (Å²) >= 11 is 6.14. The van der Waals surface area contributed by atoms with Crippen LogP contribution in [0.25, 0.3) is 16.3 Å². The third-order valence-electron chi connectivity index (χ3n) is 3.88. The number of nitrogens with zero attached hydrogens (tertiary/aromatic N) is 1. The third kappa shape index (κ3) is 5.90. The molecule has 1 heterocycles. The van der Waals surface area contributed by atoms with Crippen LogP contribution in [0.4, 0.5) is 0 Å². The van der Waals surface area contributed by atoms with E-state index in [2.05, 4.69) is 61.4 Å². The van der Waals surface area contributed by atoms with Gasteiger partial charge in [-0.2, -0.15) is 17.2 Å². The van der Waals surface area contributed by atoms with E-state index in [1.807, 2.05) is 18.3 Å². The van der Waals surface area contributed by atoms with Crippen LogP contribution in [0.3, 0.4) is 0 Å². The summed E-state index contributed by atoms with van der Waals surface area (Å²) in [6.07, 6.45) is 2.24. The van der Waals surface area contributed by atoms with Gasteiger partial charge in [-0.3, -0.25) is 0 Å². The fourth-order valence-corrected chi connectivity index (χ4v) is 4.26. The molecule has 0 saturated carbocycles. The molecule has 0 spiro atoms. The molecule has 0 radical (unpaired) electrons. The number of thiazole rings is 1. The fourth-order valence-electron chi connectivity index (χ4n) is 2.45. The Morgan fingerprint density at radius 2 is 1.81 bits per heavy atom. The minimum atomic E-state index is -4.27. The number of hydrogen-bond donors (Lipinski definition) is 1. The molecular formula is C20H23NO3S3. The number of thiol groups is 1. The molecule has 3 rings (SSSR count). The number of aromatic nitrogens is 1. The van der Waals surface area contributed by atoms with Crippen molar-refractivity contribution in [2.24, 2.45) is 0 Å². The van der Waals surface area contributed by atoms with E-state index in [0.29, 0.717) is 0 Å². The van der Waals surface area contributed by atoms with Crippen molar-refractivity contribution >= 4 is 50.4 Å². The third-order valence-corrected chi connectivity index (χ3v) is 6.34. The Kier molecular flexibility index (Phi) is 7.61. The van der Waals surface area contributed by atoms with Gasteiger partial charge < -0.3 is 4.55 Å². The normalized spacial score (nSPS) is 12.0. The van der Waals surface area contributed by atoms with Crippen molar-refractivity contribution < 1.29 is 17.5 Å². The minimum absolute atomic E-state index is 0.178. The maximum Gasteiger partial charge on any atom is 0.262 e. The Bertz CT molecular complexity index is 1040. The lowest BCUT2D eigenvalue weighted by Gasteiger charge is -2.05. The topological polar surface area (TPSA) is 61.1 Å². The van der Waals surface area contributed by atoms with Crippen molar-refractivity contribution in [1.29, 1.82) is 0 Å². The Hall–Kier alpha value is -1.67. The average molecular weight is 422 g/mol. The molecule has 27 heavy (non-hydrogen) atoms. The van der Waals surface area contributed by atoms with E-state index in [1.54, 1.807) is 12.1 Å². The molecule has 0 aliphatic rings. The summed E-state index contributed by atoms with van der Waals surface area (Å²) in [7, 11) is -4.27. The lowest BCUT2D eigenvalue weighted by molar-refractivity contribution is -0.665. The molecule has 0 atom stereocenters. The Balaban J connectivity index is 0.000000208. The summed E-state index contributed by atoms with van der Waals surface area (Å²) in [5.74, 6) is 0.817. The van der Waals surface area contributed by atoms with Gasteiger partial charge in [0.15, 0.2) is 0 Å². The molecule has 1 aromatic heterocycles. The van der Waals surface area contributed by atoms with Crippen LogP contribution in [0.15, 0.2) is 59.0 Å². The van der Waals surface area contributed by atoms with Crippen molar-refractivity contribution in [3.63, 3.8) is 0 Å². The largest absolute Gasteiger partial charge is 0.744 e. The van der Waals surface area contributed by atoms with E-state index in [-0.39, 0.29) is 4.90 Å². The van der Waals surface area contributed by atoms with Gasteiger partial charge in [-0.25, -0.2) is 8.42 Å². The second-order valence-corrected chi connectivity index (χ2v) is 8.83. The SMILES string of the molecule is CC[n+]1c(C=C(C)CS)sc2ccccc21.Cc1ccc(S(=O)(=O)[O-])cc1. The molecule has 0 aliphatic carbocycles. The highest BCUT2D eigenvalue weighted by Crippen LogP contribution is 2.22. The van der Waals surface area contributed by atoms with Gasteiger partial charge in [0, 0.05) is 17.9 Å². The summed E-state index contributed by atoms with van der Waals surface area (Å²) in [6.45, 7) is 7.14. The summed E-state index contributed by atoms with van der Waals surface area (Å²) in [4.78, 5) is -0.178. The highest BCUT2D eigenvalue weighted by molar-refractivity contribution is 7.85. The molecule has 0 fully saturated rings. The number of benzene rings is 2. The summed E-state index contributed by atoms with van der Waals surface area (Å²) < 4.78 is 34.9. The maximum absolute atomic E-state index is 10.4. The molecular weight excluding hydrogens is 398 g/mol. The van der Waals surface area contributed by atoms with Gasteiger partial charge in [0.1, 0.15) is 21.4 Å². The van der Waals surface area contributed by atoms with Gasteiger partial charge in [0.25, 0.3) is 5.01 Å². The zero-order valence-corrected chi connectivity index (χ0v) is 18.1. The summed E-state index contributed by atoms with van der Waals surface area (Å²) in [5, 5.41) is 1.32. The first-order valence-corrected chi connectivity index (χ1v) is 11.3. The first kappa shape index (κ1) is 21.6. The monoisotopic (exact) mass is 421 g/mol. The van der Waals surface area contributed by atoms with E-state index in [4.69, 9.17) is 0 Å². The van der Waals surface area contributed by atoms with Crippen LogP contribution < -0.4 is 4.57 Å². The van der Waals surface area contributed by atoms with Gasteiger partial charge in [-0.05, 0) is 39.0 Å². The smallest absolute Gasteiger partial charge is 0.262 e. The lowest BCUT2D eigenvalue weighted by Crippen LogP contribution is -2.33. The van der Waals surface area contributed by atoms with E-state index >= 15 is 0 Å². The highest BCUT2D eigenvalue weighted by Gasteiger charge is 2.16. The lowest BCUT2D eigenvalue weighted by atomic mass is 10.2. The Labute approximate surface area is 170 Å². The first-order chi connectivity index (χ1) is 12.8. The molecule has 3 aromatic rings. The van der Waals surface area contributed by atoms with Crippen LogP contribution in [0.1, 0.15) is 24.4 Å². The quantitative estimate of drug-likeness (QED) is 0.385. The Morgan fingerprint density at radius 1 is 1.19 bits per heavy atom. The van der Waals surface area contributed by atoms with Crippen LogP contribution in [0.2, 0.25) is 0 Å². The number of fused-ring (bicyclic) bond motifs is 1. The number of para-hydroxylation sites is 1. The van der Waals surface area contributed by atoms with Gasteiger partial charge in [-0.1, -0.05) is 46.7 Å². The van der Waals surface area contributed by atoms with Gasteiger partial charge in [0.05, 0.1) is 4.90 Å². The number of aryl methyl sites for hydroxylation is 2. The molecule has 0 aliphatic heterocycles. The molecule has 2 aromatic carbocycles. The number of hydrogen-bond acceptors (Lipinski definition) is 5. The zero-order valence-electron chi connectivity index (χ0n) is 15.5. The van der Waals surface area contributed by atoms with E-state index in [1.165, 1.54) is 32.9 Å². The second-order valence-electron chi connectivity index (χ2n) is 6.07. The van der Waals surface area contributed by atoms with Gasteiger partial charge in [0.2, 0.25) is 5.52 Å². The molecule has 4 nitrogen and oxygen atoms in total. The second kappa shape index (κ2) is 9.50. The van der Waals surface area contributed by atoms with Crippen LogP contribution in [-0.4, -0.2) is 18.7 Å². The Morgan fingerprint density at radius 3 is 2.37 bits per heavy atom. The van der Waals surface area contributed by atoms with Crippen LogP contribution >= 0.6 is 24.0 Å². The van der Waals surface area contributed by atoms with Crippen molar-refractivity contribution in [1.82, 2.24) is 0 Å². The van der Waals surface area contributed by atoms with Crippen molar-refractivity contribution in [3.8, 4) is 0 Å². The molecule has 0 N–H and O–H groups in total. The average Bonchev–Trinajstić information content (AvgIpc) is 2.98. The minimum Gasteiger partial charge on any atom is -0.744 e. The van der Waals surface area contributed by atoms with Crippen molar-refractivity contribution in [2.45, 2.75) is 32.2 Å². The van der Waals surface area contributed by atoms with E-state index in [9.17, 15) is 13.0 Å². The highest BCUT2D eigenvalue weighted by atomic mass is 32.2. The number of rotatable bonds is 4.